The number of ether oxygens (including phenoxy) is 1. The molecule has 1 aliphatic heterocycles. The van der Waals surface area contributed by atoms with E-state index in [1.54, 1.807) is 0 Å². The fourth-order valence-electron chi connectivity index (χ4n) is 6.35. The molecule has 0 aromatic heterocycles. The summed E-state index contributed by atoms with van der Waals surface area (Å²) in [4.78, 5) is 26.2. The Morgan fingerprint density at radius 3 is 1.91 bits per heavy atom. The molecule has 2 aromatic rings. The van der Waals surface area contributed by atoms with Crippen molar-refractivity contribution in [1.29, 1.82) is 0 Å². The molecule has 2 aromatic carbocycles. The zero-order valence-electron chi connectivity index (χ0n) is 23.7. The SMILES string of the molecule is COCC1(C(=O)N2CC[C@](c3ccc(C(F)(C(F)(F)F)C(F)(F)F)cc3)(S(=O)(=O)c3ccc(F)cc3)C2)CCC(C(=O)O)CC1. The van der Waals surface area contributed by atoms with Gasteiger partial charge in [-0.05, 0) is 61.9 Å². The number of methoxy groups -OCH3 is 1. The number of carbonyl (C=O) groups is 2. The number of amides is 1. The predicted octanol–water partition coefficient (Wildman–Crippen LogP) is 5.92. The van der Waals surface area contributed by atoms with E-state index in [0.717, 1.165) is 24.3 Å². The molecule has 1 N–H and O–H groups in total. The first-order valence-corrected chi connectivity index (χ1v) is 15.2. The van der Waals surface area contributed by atoms with Gasteiger partial charge in [-0.15, -0.1) is 0 Å². The molecular weight excluding hydrogens is 642 g/mol. The molecule has 1 heterocycles. The summed E-state index contributed by atoms with van der Waals surface area (Å²) in [6, 6.07) is 5.29. The molecule has 2 aliphatic rings. The highest BCUT2D eigenvalue weighted by Gasteiger charge is 2.73. The summed E-state index contributed by atoms with van der Waals surface area (Å²) in [5.41, 5.74) is -9.10. The van der Waals surface area contributed by atoms with Crippen molar-refractivity contribution in [3.05, 3.63) is 65.5 Å². The molecule has 2 fully saturated rings. The highest BCUT2D eigenvalue weighted by Crippen LogP contribution is 2.54. The highest BCUT2D eigenvalue weighted by atomic mass is 32.2. The first-order valence-electron chi connectivity index (χ1n) is 13.7. The van der Waals surface area contributed by atoms with Gasteiger partial charge in [0.25, 0.3) is 0 Å². The summed E-state index contributed by atoms with van der Waals surface area (Å²) in [5.74, 6) is -3.07. The van der Waals surface area contributed by atoms with Crippen LogP contribution < -0.4 is 0 Å². The lowest BCUT2D eigenvalue weighted by molar-refractivity contribution is -0.348. The number of carbonyl (C=O) groups excluding carboxylic acids is 1. The van der Waals surface area contributed by atoms with Gasteiger partial charge in [0.05, 0.1) is 22.8 Å². The summed E-state index contributed by atoms with van der Waals surface area (Å²) >= 11 is 0. The minimum atomic E-state index is -6.39. The van der Waals surface area contributed by atoms with E-state index in [9.17, 15) is 58.2 Å². The first kappa shape index (κ1) is 34.6. The smallest absolute Gasteiger partial charge is 0.435 e. The molecule has 1 atom stereocenters. The Bertz CT molecular complexity index is 1500. The molecule has 1 saturated heterocycles. The average molecular weight is 672 g/mol. The van der Waals surface area contributed by atoms with Crippen LogP contribution in [-0.2, 0) is 34.6 Å². The number of hydrogen-bond acceptors (Lipinski definition) is 5. The van der Waals surface area contributed by atoms with Gasteiger partial charge in [0, 0.05) is 25.8 Å². The predicted molar refractivity (Wildman–Crippen MR) is 142 cm³/mol. The molecule has 16 heteroatoms. The van der Waals surface area contributed by atoms with E-state index >= 15 is 0 Å². The van der Waals surface area contributed by atoms with E-state index in [0.29, 0.717) is 12.1 Å². The van der Waals surface area contributed by atoms with Crippen LogP contribution in [0, 0.1) is 17.2 Å². The fourth-order valence-corrected chi connectivity index (χ4v) is 8.42. The van der Waals surface area contributed by atoms with Crippen molar-refractivity contribution >= 4 is 21.7 Å². The largest absolute Gasteiger partial charge is 0.481 e. The van der Waals surface area contributed by atoms with Crippen LogP contribution in [0.1, 0.15) is 43.2 Å². The van der Waals surface area contributed by atoms with E-state index in [2.05, 4.69) is 0 Å². The maximum atomic E-state index is 14.7. The van der Waals surface area contributed by atoms with Crippen LogP contribution in [0.15, 0.2) is 53.4 Å². The molecule has 7 nitrogen and oxygen atoms in total. The van der Waals surface area contributed by atoms with E-state index in [1.807, 2.05) is 0 Å². The summed E-state index contributed by atoms with van der Waals surface area (Å²) in [7, 11) is -3.30. The molecule has 1 aliphatic carbocycles. The van der Waals surface area contributed by atoms with Crippen molar-refractivity contribution in [1.82, 2.24) is 4.90 Å². The summed E-state index contributed by atoms with van der Waals surface area (Å²) in [5, 5.41) is 9.39. The molecule has 45 heavy (non-hydrogen) atoms. The lowest BCUT2D eigenvalue weighted by atomic mass is 9.70. The molecule has 0 unspecified atom stereocenters. The van der Waals surface area contributed by atoms with E-state index in [-0.39, 0.29) is 63.0 Å². The average Bonchev–Trinajstić information content (AvgIpc) is 3.43. The van der Waals surface area contributed by atoms with Crippen molar-refractivity contribution < 1.29 is 63.0 Å². The van der Waals surface area contributed by atoms with Crippen molar-refractivity contribution in [2.45, 2.75) is 59.8 Å². The van der Waals surface area contributed by atoms with Crippen LogP contribution in [0.2, 0.25) is 0 Å². The number of likely N-dealkylation sites (tertiary alicyclic amines) is 1. The zero-order valence-corrected chi connectivity index (χ0v) is 24.5. The lowest BCUT2D eigenvalue weighted by Gasteiger charge is -2.40. The zero-order chi connectivity index (χ0) is 33.6. The third-order valence-electron chi connectivity index (χ3n) is 8.91. The van der Waals surface area contributed by atoms with Crippen molar-refractivity contribution in [2.75, 3.05) is 26.8 Å². The van der Waals surface area contributed by atoms with Crippen molar-refractivity contribution in [3.63, 3.8) is 0 Å². The highest BCUT2D eigenvalue weighted by molar-refractivity contribution is 7.92. The summed E-state index contributed by atoms with van der Waals surface area (Å²) in [6.45, 7) is -0.931. The normalized spacial score (nSPS) is 24.9. The van der Waals surface area contributed by atoms with Gasteiger partial charge in [0.1, 0.15) is 10.6 Å². The Kier molecular flexibility index (Phi) is 9.09. The molecule has 0 radical (unpaired) electrons. The first-order chi connectivity index (χ1) is 20.8. The number of nitrogens with zero attached hydrogens (tertiary/aromatic N) is 1. The number of benzene rings is 2. The van der Waals surface area contributed by atoms with E-state index in [1.165, 1.54) is 12.0 Å². The third-order valence-corrected chi connectivity index (χ3v) is 11.4. The monoisotopic (exact) mass is 671 g/mol. The Morgan fingerprint density at radius 1 is 0.911 bits per heavy atom. The number of alkyl halides is 7. The van der Waals surface area contributed by atoms with Gasteiger partial charge in [0.2, 0.25) is 5.91 Å². The van der Waals surface area contributed by atoms with Crippen LogP contribution in [0.5, 0.6) is 0 Å². The summed E-state index contributed by atoms with van der Waals surface area (Å²) in [6.07, 6.45) is -12.7. The molecule has 1 amide bonds. The molecule has 0 bridgehead atoms. The Balaban J connectivity index is 1.79. The Hall–Kier alpha value is -3.27. The number of halogens is 8. The number of sulfone groups is 1. The van der Waals surface area contributed by atoms with Gasteiger partial charge in [-0.3, -0.25) is 9.59 Å². The van der Waals surface area contributed by atoms with Gasteiger partial charge < -0.3 is 14.7 Å². The van der Waals surface area contributed by atoms with Gasteiger partial charge in [-0.25, -0.2) is 17.2 Å². The second kappa shape index (κ2) is 11.8. The van der Waals surface area contributed by atoms with Crippen molar-refractivity contribution in [3.8, 4) is 0 Å². The Labute approximate surface area is 253 Å². The van der Waals surface area contributed by atoms with Crippen LogP contribution in [0.3, 0.4) is 0 Å². The Morgan fingerprint density at radius 2 is 1.44 bits per heavy atom. The van der Waals surface area contributed by atoms with Gasteiger partial charge in [-0.1, -0.05) is 24.3 Å². The van der Waals surface area contributed by atoms with Crippen LogP contribution in [-0.4, -0.2) is 69.5 Å². The molecule has 4 rings (SSSR count). The standard InChI is InChI=1S/C29H29F8NO6S/c1-44-17-25(12-10-18(11-13-25)23(39)40)24(41)38-15-14-26(16-38,45(42,43)22-8-6-21(30)7-9-22)19-2-4-20(5-3-19)27(31,28(32,33)34)29(35,36)37/h2-9,18H,10-17H2,1H3,(H,39,40)/t18?,25?,26-/m0/s1. The second-order valence-corrected chi connectivity index (χ2v) is 13.7. The molecule has 1 saturated carbocycles. The second-order valence-electron chi connectivity index (χ2n) is 11.5. The van der Waals surface area contributed by atoms with E-state index in [4.69, 9.17) is 4.74 Å². The maximum absolute atomic E-state index is 14.7. The lowest BCUT2D eigenvalue weighted by Crippen LogP contribution is -2.50. The minimum Gasteiger partial charge on any atom is -0.481 e. The number of hydrogen-bond donors (Lipinski definition) is 1. The quantitative estimate of drug-likeness (QED) is 0.276. The van der Waals surface area contributed by atoms with E-state index < -0.39 is 78.6 Å². The van der Waals surface area contributed by atoms with Crippen molar-refractivity contribution in [2.24, 2.45) is 11.3 Å². The molecule has 248 valence electrons. The van der Waals surface area contributed by atoms with Gasteiger partial charge in [0.15, 0.2) is 9.84 Å². The fraction of sp³-hybridized carbons (Fsp3) is 0.517. The minimum absolute atomic E-state index is 0.104. The summed E-state index contributed by atoms with van der Waals surface area (Å²) < 4.78 is 140. The van der Waals surface area contributed by atoms with Gasteiger partial charge >= 0.3 is 24.0 Å². The number of aliphatic carboxylic acids is 1. The van der Waals surface area contributed by atoms with Gasteiger partial charge in [-0.2, -0.15) is 26.3 Å². The molecular formula is C29H29F8NO6S. The molecule has 0 spiro atoms. The maximum Gasteiger partial charge on any atom is 0.435 e. The number of carboxylic acid groups (broad SMARTS) is 1. The third kappa shape index (κ3) is 5.79. The van der Waals surface area contributed by atoms with Crippen LogP contribution >= 0.6 is 0 Å². The number of rotatable bonds is 8. The number of carboxylic acids is 1. The van der Waals surface area contributed by atoms with Crippen LogP contribution in [0.25, 0.3) is 0 Å². The van der Waals surface area contributed by atoms with Crippen LogP contribution in [0.4, 0.5) is 35.1 Å². The topological polar surface area (TPSA) is 101 Å².